The summed E-state index contributed by atoms with van der Waals surface area (Å²) < 4.78 is 1.75. The number of aliphatic hydroxyl groups is 1. The third-order valence-corrected chi connectivity index (χ3v) is 3.40. The maximum atomic E-state index is 9.51. The number of nitrogens with zero attached hydrogens (tertiary/aromatic N) is 3. The summed E-state index contributed by atoms with van der Waals surface area (Å²) in [7, 11) is 1.87. The minimum Gasteiger partial charge on any atom is -0.512 e. The van der Waals surface area contributed by atoms with E-state index in [9.17, 15) is 5.11 Å². The SMILES string of the molecule is C=C/C(=C(\C)O)c1ncc(-c2cnn(C)c2)s1. The molecule has 1 N–H and O–H groups in total. The van der Waals surface area contributed by atoms with E-state index in [4.69, 9.17) is 0 Å². The molecule has 17 heavy (non-hydrogen) atoms. The van der Waals surface area contributed by atoms with Gasteiger partial charge in [0.25, 0.3) is 0 Å². The lowest BCUT2D eigenvalue weighted by Crippen LogP contribution is -1.83. The Morgan fingerprint density at radius 3 is 2.82 bits per heavy atom. The topological polar surface area (TPSA) is 50.9 Å². The second kappa shape index (κ2) is 4.55. The number of rotatable bonds is 3. The molecule has 4 nitrogen and oxygen atoms in total. The highest BCUT2D eigenvalue weighted by Crippen LogP contribution is 2.30. The van der Waals surface area contributed by atoms with E-state index >= 15 is 0 Å². The van der Waals surface area contributed by atoms with Crippen LogP contribution in [0.3, 0.4) is 0 Å². The summed E-state index contributed by atoms with van der Waals surface area (Å²) in [4.78, 5) is 5.31. The molecule has 0 fully saturated rings. The second-order valence-electron chi connectivity index (χ2n) is 3.64. The second-order valence-corrected chi connectivity index (χ2v) is 4.67. The molecule has 2 heterocycles. The van der Waals surface area contributed by atoms with Gasteiger partial charge in [-0.15, -0.1) is 11.3 Å². The lowest BCUT2D eigenvalue weighted by Gasteiger charge is -1.97. The maximum absolute atomic E-state index is 9.51. The molecule has 0 atom stereocenters. The first kappa shape index (κ1) is 11.6. The average Bonchev–Trinajstić information content (AvgIpc) is 2.87. The Labute approximate surface area is 104 Å². The van der Waals surface area contributed by atoms with Crippen LogP contribution in [0.25, 0.3) is 16.0 Å². The van der Waals surface area contributed by atoms with Crippen LogP contribution in [0.5, 0.6) is 0 Å². The molecule has 0 amide bonds. The molecule has 0 aromatic carbocycles. The smallest absolute Gasteiger partial charge is 0.127 e. The third kappa shape index (κ3) is 2.29. The molecule has 0 radical (unpaired) electrons. The molecule has 0 saturated carbocycles. The first-order valence-electron chi connectivity index (χ1n) is 5.09. The van der Waals surface area contributed by atoms with Crippen molar-refractivity contribution >= 4 is 16.9 Å². The number of aliphatic hydroxyl groups excluding tert-OH is 1. The van der Waals surface area contributed by atoms with Crippen LogP contribution in [0.15, 0.2) is 37.0 Å². The normalized spacial score (nSPS) is 12.4. The predicted molar refractivity (Wildman–Crippen MR) is 69.7 cm³/mol. The Hall–Kier alpha value is -1.88. The van der Waals surface area contributed by atoms with E-state index in [1.165, 1.54) is 11.3 Å². The van der Waals surface area contributed by atoms with Gasteiger partial charge in [-0.2, -0.15) is 5.10 Å². The zero-order chi connectivity index (χ0) is 12.4. The summed E-state index contributed by atoms with van der Waals surface area (Å²) in [5.41, 5.74) is 1.69. The highest BCUT2D eigenvalue weighted by Gasteiger charge is 2.10. The Morgan fingerprint density at radius 2 is 2.29 bits per heavy atom. The minimum absolute atomic E-state index is 0.229. The standard InChI is InChI=1S/C12H13N3OS/c1-4-10(8(2)16)12-13-6-11(17-12)9-5-14-15(3)7-9/h4-7,16H,1H2,2-3H3/b10-8-. The minimum atomic E-state index is 0.229. The van der Waals surface area contributed by atoms with Crippen LogP contribution in [0.2, 0.25) is 0 Å². The molecular weight excluding hydrogens is 234 g/mol. The molecule has 0 unspecified atom stereocenters. The van der Waals surface area contributed by atoms with E-state index in [2.05, 4.69) is 16.7 Å². The van der Waals surface area contributed by atoms with Gasteiger partial charge in [0.2, 0.25) is 0 Å². The average molecular weight is 247 g/mol. The molecular formula is C12H13N3OS. The summed E-state index contributed by atoms with van der Waals surface area (Å²) in [5.74, 6) is 0.229. The number of hydrogen-bond acceptors (Lipinski definition) is 4. The molecule has 5 heteroatoms. The van der Waals surface area contributed by atoms with Crippen molar-refractivity contribution in [1.29, 1.82) is 0 Å². The fraction of sp³-hybridized carbons (Fsp3) is 0.167. The highest BCUT2D eigenvalue weighted by atomic mass is 32.1. The molecule has 88 valence electrons. The number of aromatic nitrogens is 3. The van der Waals surface area contributed by atoms with E-state index in [0.717, 1.165) is 15.4 Å². The summed E-state index contributed by atoms with van der Waals surface area (Å²) in [6.45, 7) is 5.30. The van der Waals surface area contributed by atoms with Gasteiger partial charge in [0, 0.05) is 30.6 Å². The summed E-state index contributed by atoms with van der Waals surface area (Å²) in [6, 6.07) is 0. The van der Waals surface area contributed by atoms with Crippen LogP contribution in [0.4, 0.5) is 0 Å². The Morgan fingerprint density at radius 1 is 1.53 bits per heavy atom. The summed E-state index contributed by atoms with van der Waals surface area (Å²) in [5, 5.41) is 14.4. The molecule has 0 aliphatic carbocycles. The Bertz CT molecular complexity index is 576. The lowest BCUT2D eigenvalue weighted by molar-refractivity contribution is 0.417. The van der Waals surface area contributed by atoms with Gasteiger partial charge in [-0.3, -0.25) is 4.68 Å². The fourth-order valence-electron chi connectivity index (χ4n) is 1.47. The van der Waals surface area contributed by atoms with Crippen molar-refractivity contribution < 1.29 is 5.11 Å². The van der Waals surface area contributed by atoms with Crippen LogP contribution in [-0.2, 0) is 7.05 Å². The van der Waals surface area contributed by atoms with E-state index < -0.39 is 0 Å². The van der Waals surface area contributed by atoms with Gasteiger partial charge in [-0.05, 0) is 6.92 Å². The number of thiazole rings is 1. The molecule has 2 rings (SSSR count). The van der Waals surface area contributed by atoms with Gasteiger partial charge in [0.1, 0.15) is 5.01 Å². The van der Waals surface area contributed by atoms with Crippen molar-refractivity contribution in [2.45, 2.75) is 6.92 Å². The first-order chi connectivity index (χ1) is 8.11. The van der Waals surface area contributed by atoms with Gasteiger partial charge < -0.3 is 5.11 Å². The van der Waals surface area contributed by atoms with Crippen molar-refractivity contribution in [2.75, 3.05) is 0 Å². The van der Waals surface area contributed by atoms with Gasteiger partial charge in [0.05, 0.1) is 16.8 Å². The third-order valence-electron chi connectivity index (χ3n) is 2.32. The van der Waals surface area contributed by atoms with Crippen molar-refractivity contribution in [2.24, 2.45) is 7.05 Å². The molecule has 0 aliphatic rings. The van der Waals surface area contributed by atoms with E-state index in [-0.39, 0.29) is 5.76 Å². The van der Waals surface area contributed by atoms with Crippen LogP contribution >= 0.6 is 11.3 Å². The fourth-order valence-corrected chi connectivity index (χ4v) is 2.45. The van der Waals surface area contributed by atoms with Crippen molar-refractivity contribution in [1.82, 2.24) is 14.8 Å². The summed E-state index contributed by atoms with van der Waals surface area (Å²) >= 11 is 1.51. The molecule has 0 bridgehead atoms. The van der Waals surface area contributed by atoms with Crippen molar-refractivity contribution in [3.8, 4) is 10.4 Å². The number of aryl methyl sites for hydroxylation is 1. The Kier molecular flexibility index (Phi) is 3.10. The van der Waals surface area contributed by atoms with Crippen LogP contribution in [-0.4, -0.2) is 19.9 Å². The van der Waals surface area contributed by atoms with E-state index in [1.807, 2.05) is 13.2 Å². The molecule has 2 aromatic rings. The van der Waals surface area contributed by atoms with E-state index in [0.29, 0.717) is 5.57 Å². The monoisotopic (exact) mass is 247 g/mol. The lowest BCUT2D eigenvalue weighted by atomic mass is 10.2. The zero-order valence-corrected chi connectivity index (χ0v) is 10.5. The Balaban J connectivity index is 2.40. The molecule has 0 aliphatic heterocycles. The number of allylic oxidation sites excluding steroid dienone is 3. The van der Waals surface area contributed by atoms with Gasteiger partial charge >= 0.3 is 0 Å². The summed E-state index contributed by atoms with van der Waals surface area (Å²) in [6.07, 6.45) is 7.12. The number of hydrogen-bond donors (Lipinski definition) is 1. The van der Waals surface area contributed by atoms with Crippen molar-refractivity contribution in [3.63, 3.8) is 0 Å². The van der Waals surface area contributed by atoms with Crippen LogP contribution in [0, 0.1) is 0 Å². The van der Waals surface area contributed by atoms with Crippen molar-refractivity contribution in [3.05, 3.63) is 42.0 Å². The predicted octanol–water partition coefficient (Wildman–Crippen LogP) is 3.02. The highest BCUT2D eigenvalue weighted by molar-refractivity contribution is 7.16. The molecule has 2 aromatic heterocycles. The molecule has 0 spiro atoms. The maximum Gasteiger partial charge on any atom is 0.127 e. The zero-order valence-electron chi connectivity index (χ0n) is 9.71. The van der Waals surface area contributed by atoms with Gasteiger partial charge in [-0.1, -0.05) is 12.7 Å². The van der Waals surface area contributed by atoms with Crippen LogP contribution in [0.1, 0.15) is 11.9 Å². The molecule has 0 saturated heterocycles. The largest absolute Gasteiger partial charge is 0.512 e. The van der Waals surface area contributed by atoms with Crippen LogP contribution < -0.4 is 0 Å². The van der Waals surface area contributed by atoms with E-state index in [1.54, 1.807) is 30.1 Å². The quantitative estimate of drug-likeness (QED) is 0.670. The van der Waals surface area contributed by atoms with Gasteiger partial charge in [0.15, 0.2) is 0 Å². The van der Waals surface area contributed by atoms with Gasteiger partial charge in [-0.25, -0.2) is 4.98 Å². The first-order valence-corrected chi connectivity index (χ1v) is 5.91.